The molecule has 3 nitrogen and oxygen atoms in total. The number of methoxy groups -OCH3 is 1. The summed E-state index contributed by atoms with van der Waals surface area (Å²) in [5, 5.41) is 0.293. The highest BCUT2D eigenvalue weighted by molar-refractivity contribution is 6.40. The third-order valence-corrected chi connectivity index (χ3v) is 3.57. The molecule has 0 atom stereocenters. The molecule has 0 saturated heterocycles. The van der Waals surface area contributed by atoms with Crippen molar-refractivity contribution in [3.8, 4) is 5.75 Å². The number of ether oxygens (including phenoxy) is 1. The summed E-state index contributed by atoms with van der Waals surface area (Å²) in [5.74, 6) is -0.0125. The number of amides is 1. The normalized spacial score (nSPS) is 16.4. The highest BCUT2D eigenvalue weighted by Gasteiger charge is 2.31. The van der Waals surface area contributed by atoms with Crippen LogP contribution in [0.3, 0.4) is 0 Å². The number of rotatable bonds is 2. The molecule has 0 radical (unpaired) electrons. The second kappa shape index (κ2) is 5.00. The lowest BCUT2D eigenvalue weighted by Gasteiger charge is -2.21. The van der Waals surface area contributed by atoms with E-state index in [1.54, 1.807) is 0 Å². The number of hydrogen-bond donors (Lipinski definition) is 0. The zero-order chi connectivity index (χ0) is 17.8. The Kier molecular flexibility index (Phi) is 2.32. The van der Waals surface area contributed by atoms with E-state index in [4.69, 9.17) is 33.4 Å². The van der Waals surface area contributed by atoms with Crippen LogP contribution in [0.4, 0.5) is 11.4 Å². The van der Waals surface area contributed by atoms with Gasteiger partial charge in [0.1, 0.15) is 5.75 Å². The molecule has 0 N–H and O–H groups in total. The van der Waals surface area contributed by atoms with E-state index in [-0.39, 0.29) is 51.5 Å². The molecule has 1 heterocycles. The molecule has 3 rings (SSSR count). The van der Waals surface area contributed by atoms with Crippen molar-refractivity contribution in [2.75, 3.05) is 12.0 Å². The van der Waals surface area contributed by atoms with Gasteiger partial charge in [0.25, 0.3) is 0 Å². The molecule has 102 valence electrons. The molecule has 20 heavy (non-hydrogen) atoms. The van der Waals surface area contributed by atoms with Gasteiger partial charge in [-0.05, 0) is 11.6 Å². The Bertz CT molecular complexity index is 866. The number of benzene rings is 2. The van der Waals surface area contributed by atoms with E-state index in [9.17, 15) is 4.79 Å². The summed E-state index contributed by atoms with van der Waals surface area (Å²) in [6, 6.07) is 1.64. The van der Waals surface area contributed by atoms with Crippen LogP contribution >= 0.6 is 23.2 Å². The van der Waals surface area contributed by atoms with Gasteiger partial charge < -0.3 is 4.74 Å². The number of fused-ring (bicyclic) bond motifs is 1. The summed E-state index contributed by atoms with van der Waals surface area (Å²) in [6.45, 7) is 0. The molecule has 5 heteroatoms. The fraction of sp³-hybridized carbons (Fsp3) is 0.133. The van der Waals surface area contributed by atoms with Crippen molar-refractivity contribution >= 4 is 40.5 Å². The van der Waals surface area contributed by atoms with E-state index in [0.29, 0.717) is 5.75 Å². The van der Waals surface area contributed by atoms with Gasteiger partial charge in [0.2, 0.25) is 5.91 Å². The van der Waals surface area contributed by atoms with E-state index < -0.39 is 11.9 Å². The van der Waals surface area contributed by atoms with Crippen molar-refractivity contribution in [1.29, 1.82) is 0 Å². The fourth-order valence-electron chi connectivity index (χ4n) is 2.12. The molecule has 0 bridgehead atoms. The van der Waals surface area contributed by atoms with Crippen molar-refractivity contribution in [2.24, 2.45) is 0 Å². The first-order chi connectivity index (χ1) is 11.3. The number of halogens is 2. The number of nitrogens with zero attached hydrogens (tertiary/aromatic N) is 1. The van der Waals surface area contributed by atoms with Crippen molar-refractivity contribution in [1.82, 2.24) is 0 Å². The molecule has 2 aromatic rings. The van der Waals surface area contributed by atoms with E-state index in [1.807, 2.05) is 0 Å². The smallest absolute Gasteiger partial charge is 0.236 e. The molecule has 2 aromatic carbocycles. The number of anilines is 2. The second-order valence-corrected chi connectivity index (χ2v) is 4.99. The second-order valence-electron chi connectivity index (χ2n) is 4.17. The van der Waals surface area contributed by atoms with E-state index >= 15 is 0 Å². The van der Waals surface area contributed by atoms with Crippen LogP contribution in [0, 0.1) is 0 Å². The Hall–Kier alpha value is -1.71. The molecule has 1 amide bonds. The minimum Gasteiger partial charge on any atom is -0.497 e. The van der Waals surface area contributed by atoms with Crippen LogP contribution in [-0.4, -0.2) is 13.0 Å². The zero-order valence-corrected chi connectivity index (χ0v) is 11.9. The van der Waals surface area contributed by atoms with Crippen LogP contribution in [0.25, 0.3) is 0 Å². The van der Waals surface area contributed by atoms with Crippen LogP contribution in [0.5, 0.6) is 5.75 Å². The molecule has 0 fully saturated rings. The first-order valence-corrected chi connectivity index (χ1v) is 6.48. The van der Waals surface area contributed by atoms with Crippen molar-refractivity contribution in [3.63, 3.8) is 0 Å². The maximum atomic E-state index is 12.5. The average Bonchev–Trinajstić information content (AvgIpc) is 2.87. The Morgan fingerprint density at radius 2 is 1.90 bits per heavy atom. The molecule has 1 aliphatic rings. The fourth-order valence-corrected chi connectivity index (χ4v) is 2.75. The van der Waals surface area contributed by atoms with E-state index in [2.05, 4.69) is 0 Å². The van der Waals surface area contributed by atoms with Crippen LogP contribution in [0.1, 0.15) is 11.0 Å². The Morgan fingerprint density at radius 1 is 1.25 bits per heavy atom. The summed E-state index contributed by atoms with van der Waals surface area (Å²) < 4.78 is 36.7. The summed E-state index contributed by atoms with van der Waals surface area (Å²) in [5.41, 5.74) is 0.488. The Morgan fingerprint density at radius 3 is 2.55 bits per heavy atom. The van der Waals surface area contributed by atoms with Gasteiger partial charge >= 0.3 is 0 Å². The molecule has 0 aromatic heterocycles. The third kappa shape index (κ3) is 2.03. The largest absolute Gasteiger partial charge is 0.497 e. The molecule has 0 saturated carbocycles. The van der Waals surface area contributed by atoms with E-state index in [1.165, 1.54) is 19.2 Å². The van der Waals surface area contributed by atoms with Gasteiger partial charge in [-0.15, -0.1) is 0 Å². The lowest BCUT2D eigenvalue weighted by atomic mass is 10.2. The standard InChI is InChI=1S/C15H11Cl2NO2/c1-20-10-7-11(16)15(12(17)8-10)18-13-5-3-2-4-9(13)6-14(18)19/h2-5,7-8H,6H2,1H3/i2D,3D,4D,5D. The molecule has 0 unspecified atom stereocenters. The summed E-state index contributed by atoms with van der Waals surface area (Å²) in [6.07, 6.45) is -0.148. The number of carbonyl (C=O) groups excluding carboxylic acids is 1. The summed E-state index contributed by atoms with van der Waals surface area (Å²) in [4.78, 5) is 13.7. The zero-order valence-electron chi connectivity index (χ0n) is 14.4. The van der Waals surface area contributed by atoms with Crippen LogP contribution in [0.15, 0.2) is 36.3 Å². The van der Waals surface area contributed by atoms with Gasteiger partial charge in [0.15, 0.2) is 0 Å². The van der Waals surface area contributed by atoms with Crippen LogP contribution in [0.2, 0.25) is 10.0 Å². The number of carbonyl (C=O) groups is 1. The maximum Gasteiger partial charge on any atom is 0.236 e. The van der Waals surface area contributed by atoms with Crippen molar-refractivity contribution in [2.45, 2.75) is 6.42 Å². The van der Waals surface area contributed by atoms with Crippen LogP contribution in [-0.2, 0) is 11.2 Å². The molecule has 1 aliphatic heterocycles. The van der Waals surface area contributed by atoms with Crippen LogP contribution < -0.4 is 9.64 Å². The van der Waals surface area contributed by atoms with Gasteiger partial charge in [-0.1, -0.05) is 41.3 Å². The van der Waals surface area contributed by atoms with E-state index in [0.717, 1.165) is 4.90 Å². The molecular weight excluding hydrogens is 297 g/mol. The Balaban J connectivity index is 2.30. The summed E-state index contributed by atoms with van der Waals surface area (Å²) >= 11 is 12.5. The SMILES string of the molecule is [2H]c1c([2H])c([2H])c2c(c1[2H])CC(=O)N2c1c(Cl)cc(OC)cc1Cl. The average molecular weight is 312 g/mol. The monoisotopic (exact) mass is 311 g/mol. The lowest BCUT2D eigenvalue weighted by Crippen LogP contribution is -2.21. The Labute approximate surface area is 132 Å². The van der Waals surface area contributed by atoms with Gasteiger partial charge in [0, 0.05) is 12.1 Å². The predicted octanol–water partition coefficient (Wildman–Crippen LogP) is 4.22. The molecular formula is C15H11Cl2NO2. The van der Waals surface area contributed by atoms with Gasteiger partial charge in [-0.3, -0.25) is 9.69 Å². The van der Waals surface area contributed by atoms with Crippen molar-refractivity contribution < 1.29 is 15.0 Å². The first-order valence-electron chi connectivity index (χ1n) is 7.73. The predicted molar refractivity (Wildman–Crippen MR) is 80.3 cm³/mol. The van der Waals surface area contributed by atoms with Gasteiger partial charge in [-0.2, -0.15) is 0 Å². The quantitative estimate of drug-likeness (QED) is 0.831. The minimum atomic E-state index is -0.425. The van der Waals surface area contributed by atoms with Crippen molar-refractivity contribution in [3.05, 3.63) is 51.9 Å². The lowest BCUT2D eigenvalue weighted by molar-refractivity contribution is -0.116. The first kappa shape index (κ1) is 9.27. The van der Waals surface area contributed by atoms with Gasteiger partial charge in [-0.25, -0.2) is 0 Å². The third-order valence-electron chi connectivity index (χ3n) is 2.99. The number of hydrogen-bond acceptors (Lipinski definition) is 2. The minimum absolute atomic E-state index is 0.0833. The molecule has 0 aliphatic carbocycles. The summed E-state index contributed by atoms with van der Waals surface area (Å²) in [7, 11) is 1.45. The highest BCUT2D eigenvalue weighted by atomic mass is 35.5. The highest BCUT2D eigenvalue weighted by Crippen LogP contribution is 2.44. The maximum absolute atomic E-state index is 12.5. The number of para-hydroxylation sites is 1. The van der Waals surface area contributed by atoms with Gasteiger partial charge in [0.05, 0.1) is 40.4 Å². The molecule has 0 spiro atoms. The topological polar surface area (TPSA) is 29.5 Å².